The number of benzene rings is 2. The Morgan fingerprint density at radius 2 is 1.60 bits per heavy atom. The van der Waals surface area contributed by atoms with E-state index in [2.05, 4.69) is 5.10 Å². The maximum Gasteiger partial charge on any atom is 0.122 e. The van der Waals surface area contributed by atoms with Crippen LogP contribution >= 0.6 is 0 Å². The van der Waals surface area contributed by atoms with E-state index in [-0.39, 0.29) is 13.2 Å². The lowest BCUT2D eigenvalue weighted by atomic mass is 10.2. The summed E-state index contributed by atoms with van der Waals surface area (Å²) in [6, 6.07) is 18.0. The van der Waals surface area contributed by atoms with Crippen LogP contribution in [0.3, 0.4) is 0 Å². The summed E-state index contributed by atoms with van der Waals surface area (Å²) in [5.41, 5.74) is 1.50. The van der Waals surface area contributed by atoms with E-state index in [0.29, 0.717) is 17.1 Å². The van der Waals surface area contributed by atoms with Crippen molar-refractivity contribution in [2.24, 2.45) is 0 Å². The van der Waals surface area contributed by atoms with Gasteiger partial charge in [-0.1, -0.05) is 0 Å². The molecule has 0 radical (unpaired) electrons. The number of nitriles is 1. The van der Waals surface area contributed by atoms with Crippen molar-refractivity contribution >= 4 is 0 Å². The third-order valence-corrected chi connectivity index (χ3v) is 3.47. The van der Waals surface area contributed by atoms with Crippen LogP contribution in [0.1, 0.15) is 5.56 Å². The molecule has 0 fully saturated rings. The fourth-order valence-electron chi connectivity index (χ4n) is 2.18. The summed E-state index contributed by atoms with van der Waals surface area (Å²) in [6.07, 6.45) is 2.82. The van der Waals surface area contributed by atoms with E-state index in [9.17, 15) is 5.11 Å². The zero-order valence-corrected chi connectivity index (χ0v) is 13.4. The normalized spacial score (nSPS) is 11.5. The van der Waals surface area contributed by atoms with Crippen molar-refractivity contribution in [3.8, 4) is 23.3 Å². The molecule has 0 spiro atoms. The standard InChI is InChI=1S/C19H17N3O3/c20-12-15-2-6-18(7-3-15)24-13-17(23)14-25-19-8-4-16(5-9-19)22-11-1-10-21-22/h1-11,17,23H,13-14H2. The maximum absolute atomic E-state index is 9.96. The first-order chi connectivity index (χ1) is 12.2. The van der Waals surface area contributed by atoms with Gasteiger partial charge in [-0.25, -0.2) is 4.68 Å². The summed E-state index contributed by atoms with van der Waals surface area (Å²) in [6.45, 7) is 0.231. The van der Waals surface area contributed by atoms with Crippen molar-refractivity contribution in [2.45, 2.75) is 6.10 Å². The minimum atomic E-state index is -0.763. The number of hydrogen-bond acceptors (Lipinski definition) is 5. The molecule has 0 aliphatic carbocycles. The van der Waals surface area contributed by atoms with Gasteiger partial charge in [0.05, 0.1) is 17.3 Å². The molecule has 0 saturated carbocycles. The second-order valence-corrected chi connectivity index (χ2v) is 5.36. The molecule has 3 aromatic rings. The minimum absolute atomic E-state index is 0.108. The largest absolute Gasteiger partial charge is 0.491 e. The zero-order valence-electron chi connectivity index (χ0n) is 13.4. The molecule has 6 heteroatoms. The summed E-state index contributed by atoms with van der Waals surface area (Å²) in [4.78, 5) is 0. The lowest BCUT2D eigenvalue weighted by molar-refractivity contribution is 0.0626. The summed E-state index contributed by atoms with van der Waals surface area (Å²) in [7, 11) is 0. The molecular weight excluding hydrogens is 318 g/mol. The highest BCUT2D eigenvalue weighted by Gasteiger charge is 2.07. The van der Waals surface area contributed by atoms with Crippen LogP contribution in [0.25, 0.3) is 5.69 Å². The van der Waals surface area contributed by atoms with Crippen LogP contribution < -0.4 is 9.47 Å². The number of nitrogens with zero attached hydrogens (tertiary/aromatic N) is 3. The molecule has 1 atom stereocenters. The lowest BCUT2D eigenvalue weighted by Gasteiger charge is -2.14. The summed E-state index contributed by atoms with van der Waals surface area (Å²) in [5, 5.41) is 22.9. The van der Waals surface area contributed by atoms with E-state index < -0.39 is 6.10 Å². The second kappa shape index (κ2) is 7.99. The van der Waals surface area contributed by atoms with E-state index in [1.165, 1.54) is 0 Å². The molecule has 0 aliphatic rings. The Hall–Kier alpha value is -3.30. The topological polar surface area (TPSA) is 80.3 Å². The van der Waals surface area contributed by atoms with Gasteiger partial charge in [0.25, 0.3) is 0 Å². The van der Waals surface area contributed by atoms with Crippen LogP contribution in [0.4, 0.5) is 0 Å². The number of aliphatic hydroxyl groups is 1. The first-order valence-corrected chi connectivity index (χ1v) is 7.78. The predicted molar refractivity (Wildman–Crippen MR) is 91.7 cm³/mol. The second-order valence-electron chi connectivity index (χ2n) is 5.36. The summed E-state index contributed by atoms with van der Waals surface area (Å²) < 4.78 is 12.8. The Kier molecular flexibility index (Phi) is 5.29. The van der Waals surface area contributed by atoms with Crippen molar-refractivity contribution in [3.63, 3.8) is 0 Å². The molecule has 1 heterocycles. The van der Waals surface area contributed by atoms with E-state index in [0.717, 1.165) is 5.69 Å². The van der Waals surface area contributed by atoms with Crippen molar-refractivity contribution in [1.82, 2.24) is 9.78 Å². The van der Waals surface area contributed by atoms with Crippen LogP contribution in [-0.4, -0.2) is 34.2 Å². The van der Waals surface area contributed by atoms with Crippen LogP contribution in [0.5, 0.6) is 11.5 Å². The molecule has 6 nitrogen and oxygen atoms in total. The molecule has 0 bridgehead atoms. The molecular formula is C19H17N3O3. The highest BCUT2D eigenvalue weighted by molar-refractivity contribution is 5.36. The SMILES string of the molecule is N#Cc1ccc(OCC(O)COc2ccc(-n3cccn3)cc2)cc1. The molecule has 2 aromatic carbocycles. The molecule has 3 rings (SSSR count). The number of aromatic nitrogens is 2. The molecule has 0 saturated heterocycles. The van der Waals surface area contributed by atoms with Gasteiger partial charge in [-0.15, -0.1) is 0 Å². The smallest absolute Gasteiger partial charge is 0.122 e. The van der Waals surface area contributed by atoms with Gasteiger partial charge in [-0.3, -0.25) is 0 Å². The van der Waals surface area contributed by atoms with Crippen LogP contribution in [-0.2, 0) is 0 Å². The van der Waals surface area contributed by atoms with Crippen LogP contribution in [0.2, 0.25) is 0 Å². The quantitative estimate of drug-likeness (QED) is 0.718. The Bertz CT molecular complexity index is 822. The number of ether oxygens (including phenoxy) is 2. The predicted octanol–water partition coefficient (Wildman–Crippen LogP) is 2.56. The Morgan fingerprint density at radius 3 is 2.12 bits per heavy atom. The third-order valence-electron chi connectivity index (χ3n) is 3.47. The summed E-state index contributed by atoms with van der Waals surface area (Å²) >= 11 is 0. The van der Waals surface area contributed by atoms with Crippen molar-refractivity contribution in [1.29, 1.82) is 5.26 Å². The van der Waals surface area contributed by atoms with Gasteiger partial charge in [-0.2, -0.15) is 10.4 Å². The van der Waals surface area contributed by atoms with Crippen LogP contribution in [0, 0.1) is 11.3 Å². The zero-order chi connectivity index (χ0) is 17.5. The van der Waals surface area contributed by atoms with Crippen molar-refractivity contribution in [3.05, 3.63) is 72.6 Å². The highest BCUT2D eigenvalue weighted by atomic mass is 16.5. The van der Waals surface area contributed by atoms with E-state index in [1.54, 1.807) is 35.1 Å². The Balaban J connectivity index is 1.45. The third kappa shape index (κ3) is 4.59. The molecule has 0 aliphatic heterocycles. The van der Waals surface area contributed by atoms with E-state index >= 15 is 0 Å². The lowest BCUT2D eigenvalue weighted by Crippen LogP contribution is -2.25. The first kappa shape index (κ1) is 16.6. The number of aliphatic hydroxyl groups excluding tert-OH is 1. The average molecular weight is 335 g/mol. The Morgan fingerprint density at radius 1 is 1.00 bits per heavy atom. The fourth-order valence-corrected chi connectivity index (χ4v) is 2.18. The molecule has 1 unspecified atom stereocenters. The molecule has 126 valence electrons. The summed E-state index contributed by atoms with van der Waals surface area (Å²) in [5.74, 6) is 1.26. The van der Waals surface area contributed by atoms with E-state index in [1.807, 2.05) is 42.6 Å². The number of hydrogen-bond donors (Lipinski definition) is 1. The van der Waals surface area contributed by atoms with Gasteiger partial charge in [0.15, 0.2) is 0 Å². The fraction of sp³-hybridized carbons (Fsp3) is 0.158. The minimum Gasteiger partial charge on any atom is -0.491 e. The van der Waals surface area contributed by atoms with Gasteiger partial charge in [0, 0.05) is 12.4 Å². The van der Waals surface area contributed by atoms with Gasteiger partial charge in [0.2, 0.25) is 0 Å². The molecule has 0 amide bonds. The molecule has 1 aromatic heterocycles. The first-order valence-electron chi connectivity index (χ1n) is 7.78. The van der Waals surface area contributed by atoms with Gasteiger partial charge >= 0.3 is 0 Å². The monoisotopic (exact) mass is 335 g/mol. The number of rotatable bonds is 7. The van der Waals surface area contributed by atoms with Crippen molar-refractivity contribution in [2.75, 3.05) is 13.2 Å². The van der Waals surface area contributed by atoms with Gasteiger partial charge in [-0.05, 0) is 54.6 Å². The van der Waals surface area contributed by atoms with Gasteiger partial charge < -0.3 is 14.6 Å². The van der Waals surface area contributed by atoms with E-state index in [4.69, 9.17) is 14.7 Å². The van der Waals surface area contributed by atoms with Gasteiger partial charge in [0.1, 0.15) is 30.8 Å². The van der Waals surface area contributed by atoms with Crippen LogP contribution in [0.15, 0.2) is 67.0 Å². The molecule has 25 heavy (non-hydrogen) atoms. The van der Waals surface area contributed by atoms with Crippen molar-refractivity contribution < 1.29 is 14.6 Å². The molecule has 1 N–H and O–H groups in total. The average Bonchev–Trinajstić information content (AvgIpc) is 3.20. The Labute approximate surface area is 145 Å². The highest BCUT2D eigenvalue weighted by Crippen LogP contribution is 2.15. The maximum atomic E-state index is 9.96.